The zero-order chi connectivity index (χ0) is 15.5. The number of benzene rings is 1. The highest BCUT2D eigenvalue weighted by Crippen LogP contribution is 2.39. The maximum absolute atomic E-state index is 13.0. The van der Waals surface area contributed by atoms with Crippen LogP contribution in [0, 0.1) is 0 Å². The molecular weight excluding hydrogens is 273 g/mol. The molecule has 0 atom stereocenters. The molecule has 1 aromatic rings. The van der Waals surface area contributed by atoms with Crippen LogP contribution < -0.4 is 4.74 Å². The van der Waals surface area contributed by atoms with E-state index in [-0.39, 0.29) is 5.56 Å². The van der Waals surface area contributed by atoms with E-state index in [1.54, 1.807) is 27.7 Å². The van der Waals surface area contributed by atoms with E-state index in [0.29, 0.717) is 0 Å². The maximum atomic E-state index is 13.0. The fourth-order valence-corrected chi connectivity index (χ4v) is 1.56. The Kier molecular flexibility index (Phi) is 5.03. The summed E-state index contributed by atoms with van der Waals surface area (Å²) >= 11 is 0. The predicted octanol–water partition coefficient (Wildman–Crippen LogP) is 4.06. The minimum absolute atomic E-state index is 0.220. The molecule has 0 heterocycles. The van der Waals surface area contributed by atoms with Crippen LogP contribution in [0.1, 0.15) is 43.6 Å². The molecule has 1 aromatic carbocycles. The lowest BCUT2D eigenvalue weighted by Gasteiger charge is -2.19. The summed E-state index contributed by atoms with van der Waals surface area (Å²) in [6.45, 7) is 6.42. The number of carbonyl (C=O) groups excluding carboxylic acids is 1. The fourth-order valence-electron chi connectivity index (χ4n) is 1.56. The molecule has 0 aliphatic rings. The maximum Gasteiger partial charge on any atom is 0.419 e. The van der Waals surface area contributed by atoms with Crippen LogP contribution in [-0.4, -0.2) is 18.2 Å². The van der Waals surface area contributed by atoms with E-state index < -0.39 is 35.7 Å². The molecule has 3 nitrogen and oxygen atoms in total. The second-order valence-electron chi connectivity index (χ2n) is 4.80. The lowest BCUT2D eigenvalue weighted by atomic mass is 10.1. The Labute approximate surface area is 115 Å². The molecule has 0 aliphatic heterocycles. The molecule has 0 radical (unpaired) electrons. The third-order valence-corrected chi connectivity index (χ3v) is 2.24. The number of ether oxygens (including phenoxy) is 2. The van der Waals surface area contributed by atoms with Crippen molar-refractivity contribution in [3.05, 3.63) is 29.3 Å². The highest BCUT2D eigenvalue weighted by molar-refractivity contribution is 5.93. The molecular formula is C14H17F3O3. The van der Waals surface area contributed by atoms with Gasteiger partial charge < -0.3 is 9.47 Å². The van der Waals surface area contributed by atoms with Crippen molar-refractivity contribution in [3.63, 3.8) is 0 Å². The summed E-state index contributed by atoms with van der Waals surface area (Å²) in [6.07, 6.45) is -5.52. The zero-order valence-electron chi connectivity index (χ0n) is 11.7. The largest absolute Gasteiger partial charge is 0.489 e. The first-order valence-corrected chi connectivity index (χ1v) is 6.20. The van der Waals surface area contributed by atoms with Gasteiger partial charge in [-0.05, 0) is 39.8 Å². The topological polar surface area (TPSA) is 35.5 Å². The van der Waals surface area contributed by atoms with Gasteiger partial charge in [0, 0.05) is 0 Å². The van der Waals surface area contributed by atoms with Gasteiger partial charge in [0.2, 0.25) is 0 Å². The van der Waals surface area contributed by atoms with Gasteiger partial charge in [-0.3, -0.25) is 0 Å². The summed E-state index contributed by atoms with van der Waals surface area (Å²) in [5, 5.41) is 0. The Morgan fingerprint density at radius 2 is 1.70 bits per heavy atom. The minimum Gasteiger partial charge on any atom is -0.489 e. The molecule has 1 rings (SSSR count). The molecule has 0 N–H and O–H groups in total. The number of rotatable bonds is 4. The SMILES string of the molecule is CC(C)OC(=O)c1cccc(C(F)(F)F)c1OC(C)C. The molecule has 0 aliphatic carbocycles. The lowest BCUT2D eigenvalue weighted by Crippen LogP contribution is -2.18. The van der Waals surface area contributed by atoms with Gasteiger partial charge in [0.25, 0.3) is 0 Å². The molecule has 0 bridgehead atoms. The Hall–Kier alpha value is -1.72. The standard InChI is InChI=1S/C14H17F3O3/c1-8(2)19-12-10(13(18)20-9(3)4)6-5-7-11(12)14(15,16)17/h5-9H,1-4H3. The van der Waals surface area contributed by atoms with E-state index in [0.717, 1.165) is 12.1 Å². The van der Waals surface area contributed by atoms with Gasteiger partial charge >= 0.3 is 12.1 Å². The summed E-state index contributed by atoms with van der Waals surface area (Å²) < 4.78 is 49.0. The van der Waals surface area contributed by atoms with E-state index in [1.165, 1.54) is 6.07 Å². The first kappa shape index (κ1) is 16.3. The van der Waals surface area contributed by atoms with Crippen LogP contribution in [0.5, 0.6) is 5.75 Å². The van der Waals surface area contributed by atoms with Crippen LogP contribution in [0.4, 0.5) is 13.2 Å². The Balaban J connectivity index is 3.33. The van der Waals surface area contributed by atoms with Crippen LogP contribution in [-0.2, 0) is 10.9 Å². The van der Waals surface area contributed by atoms with E-state index >= 15 is 0 Å². The second-order valence-corrected chi connectivity index (χ2v) is 4.80. The summed E-state index contributed by atoms with van der Waals surface area (Å²) in [4.78, 5) is 11.9. The van der Waals surface area contributed by atoms with Gasteiger partial charge in [0.05, 0.1) is 17.8 Å². The number of esters is 1. The normalized spacial score (nSPS) is 11.8. The number of hydrogen-bond acceptors (Lipinski definition) is 3. The van der Waals surface area contributed by atoms with Crippen LogP contribution in [0.3, 0.4) is 0 Å². The van der Waals surface area contributed by atoms with E-state index in [1.807, 2.05) is 0 Å². The molecule has 6 heteroatoms. The Morgan fingerprint density at radius 1 is 1.10 bits per heavy atom. The smallest absolute Gasteiger partial charge is 0.419 e. The molecule has 0 unspecified atom stereocenters. The van der Waals surface area contributed by atoms with Crippen LogP contribution in [0.2, 0.25) is 0 Å². The van der Waals surface area contributed by atoms with E-state index in [9.17, 15) is 18.0 Å². The summed E-state index contributed by atoms with van der Waals surface area (Å²) in [6, 6.07) is 3.30. The van der Waals surface area contributed by atoms with Crippen molar-refractivity contribution in [1.82, 2.24) is 0 Å². The average molecular weight is 290 g/mol. The number of halogens is 3. The number of para-hydroxylation sites is 1. The molecule has 20 heavy (non-hydrogen) atoms. The summed E-state index contributed by atoms with van der Waals surface area (Å²) in [5.74, 6) is -1.32. The van der Waals surface area contributed by atoms with Crippen LogP contribution >= 0.6 is 0 Å². The average Bonchev–Trinajstić information content (AvgIpc) is 2.25. The highest BCUT2D eigenvalue weighted by atomic mass is 19.4. The van der Waals surface area contributed by atoms with Gasteiger partial charge in [0.15, 0.2) is 0 Å². The van der Waals surface area contributed by atoms with Gasteiger partial charge in [-0.2, -0.15) is 13.2 Å². The van der Waals surface area contributed by atoms with E-state index in [2.05, 4.69) is 0 Å². The van der Waals surface area contributed by atoms with Crippen LogP contribution in [0.15, 0.2) is 18.2 Å². The van der Waals surface area contributed by atoms with Gasteiger partial charge in [0.1, 0.15) is 11.3 Å². The van der Waals surface area contributed by atoms with Crippen molar-refractivity contribution in [2.45, 2.75) is 46.1 Å². The zero-order valence-corrected chi connectivity index (χ0v) is 11.7. The molecule has 0 saturated heterocycles. The Morgan fingerprint density at radius 3 is 2.15 bits per heavy atom. The van der Waals surface area contributed by atoms with Gasteiger partial charge in [-0.15, -0.1) is 0 Å². The molecule has 0 aromatic heterocycles. The van der Waals surface area contributed by atoms with Gasteiger partial charge in [-0.25, -0.2) is 4.79 Å². The van der Waals surface area contributed by atoms with Gasteiger partial charge in [-0.1, -0.05) is 6.07 Å². The van der Waals surface area contributed by atoms with Crippen LogP contribution in [0.25, 0.3) is 0 Å². The molecule has 0 fully saturated rings. The van der Waals surface area contributed by atoms with E-state index in [4.69, 9.17) is 9.47 Å². The molecule has 0 saturated carbocycles. The first-order valence-electron chi connectivity index (χ1n) is 6.20. The highest BCUT2D eigenvalue weighted by Gasteiger charge is 2.37. The number of alkyl halides is 3. The van der Waals surface area contributed by atoms with Crippen molar-refractivity contribution in [2.24, 2.45) is 0 Å². The predicted molar refractivity (Wildman–Crippen MR) is 67.8 cm³/mol. The number of hydrogen-bond donors (Lipinski definition) is 0. The van der Waals surface area contributed by atoms with Crippen molar-refractivity contribution in [2.75, 3.05) is 0 Å². The quantitative estimate of drug-likeness (QED) is 0.784. The summed E-state index contributed by atoms with van der Waals surface area (Å²) in [5.41, 5.74) is -1.20. The fraction of sp³-hybridized carbons (Fsp3) is 0.500. The first-order chi connectivity index (χ1) is 9.12. The Bertz CT molecular complexity index is 479. The molecule has 112 valence electrons. The van der Waals surface area contributed by atoms with Crippen molar-refractivity contribution in [3.8, 4) is 5.75 Å². The monoisotopic (exact) mass is 290 g/mol. The third kappa shape index (κ3) is 4.15. The number of carbonyl (C=O) groups is 1. The molecule has 0 spiro atoms. The minimum atomic E-state index is -4.60. The second kappa shape index (κ2) is 6.15. The van der Waals surface area contributed by atoms with Crippen molar-refractivity contribution >= 4 is 5.97 Å². The lowest BCUT2D eigenvalue weighted by molar-refractivity contribution is -0.139. The third-order valence-electron chi connectivity index (χ3n) is 2.24. The summed E-state index contributed by atoms with van der Waals surface area (Å²) in [7, 11) is 0. The van der Waals surface area contributed by atoms with Crippen molar-refractivity contribution in [1.29, 1.82) is 0 Å². The van der Waals surface area contributed by atoms with Crippen molar-refractivity contribution < 1.29 is 27.4 Å². The molecule has 0 amide bonds.